The summed E-state index contributed by atoms with van der Waals surface area (Å²) in [4.78, 5) is 5.19. The molecule has 0 nitrogen and oxygen atoms in total. The zero-order valence-electron chi connectivity index (χ0n) is 13.3. The van der Waals surface area contributed by atoms with Crippen molar-refractivity contribution in [3.05, 3.63) is 47.5 Å². The topological polar surface area (TPSA) is 0 Å². The number of benzene rings is 2. The quantitative estimate of drug-likeness (QED) is 0.340. The minimum Gasteiger partial charge on any atom is -0.126 e. The Morgan fingerprint density at radius 1 is 0.739 bits per heavy atom. The number of rotatable bonds is 8. The Kier molecular flexibility index (Phi) is 8.56. The maximum atomic E-state index is 5.77. The Morgan fingerprint density at radius 3 is 1.52 bits per heavy atom. The summed E-state index contributed by atoms with van der Waals surface area (Å²) < 4.78 is 0. The highest BCUT2D eigenvalue weighted by Gasteiger charge is 2.05. The highest BCUT2D eigenvalue weighted by Crippen LogP contribution is 2.34. The first kappa shape index (κ1) is 19.4. The molecule has 0 saturated heterocycles. The van der Waals surface area contributed by atoms with E-state index in [0.717, 1.165) is 11.5 Å². The van der Waals surface area contributed by atoms with E-state index in [4.69, 9.17) is 23.2 Å². The van der Waals surface area contributed by atoms with E-state index in [9.17, 15) is 0 Å². The molecule has 0 aliphatic rings. The SMILES string of the molecule is Cc1cc(Sc2ccc(SCCCl)c(C)c2)ccc1SCCCl. The van der Waals surface area contributed by atoms with E-state index in [-0.39, 0.29) is 0 Å². The third-order valence-corrected chi connectivity index (χ3v) is 7.36. The fourth-order valence-electron chi connectivity index (χ4n) is 2.13. The second-order valence-electron chi connectivity index (χ2n) is 5.03. The molecule has 0 atom stereocenters. The van der Waals surface area contributed by atoms with Gasteiger partial charge in [-0.05, 0) is 61.4 Å². The van der Waals surface area contributed by atoms with Gasteiger partial charge in [0.2, 0.25) is 0 Å². The van der Waals surface area contributed by atoms with E-state index in [2.05, 4.69) is 50.2 Å². The van der Waals surface area contributed by atoms with Crippen LogP contribution in [-0.4, -0.2) is 23.3 Å². The number of halogens is 2. The molecule has 23 heavy (non-hydrogen) atoms. The molecule has 0 aliphatic heterocycles. The van der Waals surface area contributed by atoms with E-state index in [1.807, 2.05) is 35.3 Å². The van der Waals surface area contributed by atoms with Crippen LogP contribution in [0.4, 0.5) is 0 Å². The maximum absolute atomic E-state index is 5.77. The van der Waals surface area contributed by atoms with Crippen molar-refractivity contribution >= 4 is 58.5 Å². The summed E-state index contributed by atoms with van der Waals surface area (Å²) in [5, 5.41) is 0. The summed E-state index contributed by atoms with van der Waals surface area (Å²) in [5.74, 6) is 3.28. The molecule has 0 spiro atoms. The minimum absolute atomic E-state index is 0.688. The largest absolute Gasteiger partial charge is 0.126 e. The summed E-state index contributed by atoms with van der Waals surface area (Å²) in [7, 11) is 0. The molecule has 0 aliphatic carbocycles. The highest BCUT2D eigenvalue weighted by atomic mass is 35.5. The highest BCUT2D eigenvalue weighted by molar-refractivity contribution is 8.00. The standard InChI is InChI=1S/C18H20Cl2S3/c1-13-11-15(3-5-17(13)21-9-7-19)23-16-4-6-18(14(2)12-16)22-10-8-20/h3-6,11-12H,7-10H2,1-2H3. The zero-order chi connectivity index (χ0) is 16.7. The average molecular weight is 403 g/mol. The van der Waals surface area contributed by atoms with Crippen molar-refractivity contribution in [1.82, 2.24) is 0 Å². The van der Waals surface area contributed by atoms with Gasteiger partial charge in [0.05, 0.1) is 0 Å². The Bertz CT molecular complexity index is 589. The Hall–Kier alpha value is 0.0700. The third kappa shape index (κ3) is 6.13. The van der Waals surface area contributed by atoms with Gasteiger partial charge in [-0.2, -0.15) is 0 Å². The lowest BCUT2D eigenvalue weighted by atomic mass is 10.2. The van der Waals surface area contributed by atoms with Crippen molar-refractivity contribution in [2.24, 2.45) is 0 Å². The fourth-order valence-corrected chi connectivity index (χ4v) is 5.10. The summed E-state index contributed by atoms with van der Waals surface area (Å²) in [6, 6.07) is 13.3. The van der Waals surface area contributed by atoms with Gasteiger partial charge in [-0.15, -0.1) is 46.7 Å². The summed E-state index contributed by atoms with van der Waals surface area (Å²) in [6.07, 6.45) is 0. The Balaban J connectivity index is 2.07. The van der Waals surface area contributed by atoms with Crippen molar-refractivity contribution < 1.29 is 0 Å². The molecule has 0 bridgehead atoms. The van der Waals surface area contributed by atoms with E-state index in [1.165, 1.54) is 30.7 Å². The van der Waals surface area contributed by atoms with Gasteiger partial charge < -0.3 is 0 Å². The van der Waals surface area contributed by atoms with Crippen LogP contribution in [0.15, 0.2) is 56.0 Å². The number of hydrogen-bond donors (Lipinski definition) is 0. The first-order chi connectivity index (χ1) is 11.1. The van der Waals surface area contributed by atoms with Crippen LogP contribution in [-0.2, 0) is 0 Å². The van der Waals surface area contributed by atoms with Crippen LogP contribution in [0, 0.1) is 13.8 Å². The van der Waals surface area contributed by atoms with Crippen LogP contribution >= 0.6 is 58.5 Å². The van der Waals surface area contributed by atoms with Crippen LogP contribution < -0.4 is 0 Å². The van der Waals surface area contributed by atoms with E-state index in [0.29, 0.717) is 11.8 Å². The Morgan fingerprint density at radius 2 is 1.17 bits per heavy atom. The monoisotopic (exact) mass is 402 g/mol. The number of hydrogen-bond acceptors (Lipinski definition) is 3. The van der Waals surface area contributed by atoms with Gasteiger partial charge in [0.15, 0.2) is 0 Å². The van der Waals surface area contributed by atoms with E-state index >= 15 is 0 Å². The first-order valence-electron chi connectivity index (χ1n) is 7.40. The van der Waals surface area contributed by atoms with E-state index in [1.54, 1.807) is 0 Å². The molecule has 124 valence electrons. The molecule has 0 radical (unpaired) electrons. The number of thioether (sulfide) groups is 2. The zero-order valence-corrected chi connectivity index (χ0v) is 17.2. The van der Waals surface area contributed by atoms with E-state index < -0.39 is 0 Å². The smallest absolute Gasteiger partial charge is 0.0317 e. The van der Waals surface area contributed by atoms with Gasteiger partial charge in [-0.25, -0.2) is 0 Å². The van der Waals surface area contributed by atoms with Crippen LogP contribution in [0.3, 0.4) is 0 Å². The van der Waals surface area contributed by atoms with Gasteiger partial charge in [-0.1, -0.05) is 11.8 Å². The molecule has 2 aromatic rings. The van der Waals surface area contributed by atoms with Crippen LogP contribution in [0.1, 0.15) is 11.1 Å². The van der Waals surface area contributed by atoms with Crippen LogP contribution in [0.5, 0.6) is 0 Å². The lowest BCUT2D eigenvalue weighted by Gasteiger charge is -2.10. The fraction of sp³-hybridized carbons (Fsp3) is 0.333. The van der Waals surface area contributed by atoms with Gasteiger partial charge >= 0.3 is 0 Å². The molecular formula is C18H20Cl2S3. The van der Waals surface area contributed by atoms with Crippen LogP contribution in [0.25, 0.3) is 0 Å². The second-order valence-corrected chi connectivity index (χ2v) is 9.21. The third-order valence-electron chi connectivity index (χ3n) is 3.20. The Labute approximate surface area is 162 Å². The molecule has 0 saturated carbocycles. The normalized spacial score (nSPS) is 11.0. The lowest BCUT2D eigenvalue weighted by molar-refractivity contribution is 1.22. The first-order valence-corrected chi connectivity index (χ1v) is 11.3. The molecular weight excluding hydrogens is 383 g/mol. The van der Waals surface area contributed by atoms with Gasteiger partial charge in [-0.3, -0.25) is 0 Å². The number of aryl methyl sites for hydroxylation is 2. The molecule has 5 heteroatoms. The summed E-state index contributed by atoms with van der Waals surface area (Å²) in [5.41, 5.74) is 2.63. The van der Waals surface area contributed by atoms with Gasteiger partial charge in [0, 0.05) is 42.8 Å². The molecule has 0 heterocycles. The van der Waals surface area contributed by atoms with Crippen molar-refractivity contribution in [1.29, 1.82) is 0 Å². The van der Waals surface area contributed by atoms with Gasteiger partial charge in [0.25, 0.3) is 0 Å². The van der Waals surface area contributed by atoms with Crippen molar-refractivity contribution in [3.8, 4) is 0 Å². The predicted octanol–water partition coefficient (Wildman–Crippen LogP) is 7.12. The summed E-state index contributed by atoms with van der Waals surface area (Å²) in [6.45, 7) is 4.33. The number of alkyl halides is 2. The molecule has 0 unspecified atom stereocenters. The molecule has 0 fully saturated rings. The molecule has 0 aromatic heterocycles. The molecule has 0 N–H and O–H groups in total. The maximum Gasteiger partial charge on any atom is 0.0317 e. The van der Waals surface area contributed by atoms with Crippen LogP contribution in [0.2, 0.25) is 0 Å². The minimum atomic E-state index is 0.688. The predicted molar refractivity (Wildman–Crippen MR) is 109 cm³/mol. The lowest BCUT2D eigenvalue weighted by Crippen LogP contribution is -1.86. The molecule has 2 rings (SSSR count). The molecule has 0 amide bonds. The van der Waals surface area contributed by atoms with Crippen molar-refractivity contribution in [3.63, 3.8) is 0 Å². The van der Waals surface area contributed by atoms with Crippen molar-refractivity contribution in [2.45, 2.75) is 33.4 Å². The van der Waals surface area contributed by atoms with Crippen molar-refractivity contribution in [2.75, 3.05) is 23.3 Å². The average Bonchev–Trinajstić information content (AvgIpc) is 2.53. The second kappa shape index (κ2) is 10.1. The molecule has 2 aromatic carbocycles. The summed E-state index contributed by atoms with van der Waals surface area (Å²) >= 11 is 17.0. The van der Waals surface area contributed by atoms with Gasteiger partial charge in [0.1, 0.15) is 0 Å².